The number of ether oxygens (including phenoxy) is 2. The third-order valence-electron chi connectivity index (χ3n) is 3.15. The first-order chi connectivity index (χ1) is 9.95. The van der Waals surface area contributed by atoms with E-state index < -0.39 is 42.2 Å². The van der Waals surface area contributed by atoms with Crippen LogP contribution < -0.4 is 4.74 Å². The molecule has 5 atom stereocenters. The van der Waals surface area contributed by atoms with Gasteiger partial charge < -0.3 is 29.9 Å². The molecule has 1 heterocycles. The fourth-order valence-corrected chi connectivity index (χ4v) is 2.00. The van der Waals surface area contributed by atoms with Gasteiger partial charge in [0.2, 0.25) is 6.29 Å². The summed E-state index contributed by atoms with van der Waals surface area (Å²) in [4.78, 5) is 10.2. The minimum Gasteiger partial charge on any atom is -0.455 e. The summed E-state index contributed by atoms with van der Waals surface area (Å²) < 4.78 is 10.3. The molecule has 13 heteroatoms. The Balaban J connectivity index is -0.00000121. The van der Waals surface area contributed by atoms with Crippen LogP contribution in [0.5, 0.6) is 5.75 Å². The van der Waals surface area contributed by atoms with E-state index >= 15 is 0 Å². The second-order valence-corrected chi connectivity index (χ2v) is 4.54. The van der Waals surface area contributed by atoms with Gasteiger partial charge in [-0.2, -0.15) is 0 Å². The smallest absolute Gasteiger partial charge is 0.311 e. The van der Waals surface area contributed by atoms with Crippen LogP contribution in [0.1, 0.15) is 0 Å². The zero-order chi connectivity index (χ0) is 15.6. The largest absolute Gasteiger partial charge is 0.455 e. The van der Waals surface area contributed by atoms with Crippen LogP contribution in [-0.2, 0) is 4.74 Å². The summed E-state index contributed by atoms with van der Waals surface area (Å²) in [6, 6.07) is 5.45. The molecule has 1 aliphatic rings. The van der Waals surface area contributed by atoms with Crippen LogP contribution in [0.15, 0.2) is 24.3 Å². The van der Waals surface area contributed by atoms with Crippen LogP contribution in [0.3, 0.4) is 0 Å². The van der Waals surface area contributed by atoms with Crippen molar-refractivity contribution in [2.24, 2.45) is 0 Å². The molecule has 0 aliphatic carbocycles. The quantitative estimate of drug-likeness (QED) is 0.218. The average Bonchev–Trinajstić information content (AvgIpc) is 2.48. The summed E-state index contributed by atoms with van der Waals surface area (Å²) >= 11 is 0. The van der Waals surface area contributed by atoms with Gasteiger partial charge in [-0.3, -0.25) is 10.1 Å². The molecule has 25 heavy (non-hydrogen) atoms. The van der Waals surface area contributed by atoms with Crippen LogP contribution >= 0.6 is 0 Å². The predicted octanol–water partition coefficient (Wildman–Crippen LogP) is -1.23. The van der Waals surface area contributed by atoms with Gasteiger partial charge in [0.25, 0.3) is 0 Å². The first kappa shape index (κ1) is 33.6. The standard InChI is InChI=1S/C12H15NO8.4Ac/c14-5-8-9(15)10(16)11(17)12(21-8)20-7-4-2-1-3-6(7)13(18)19;;;;/h1-4,8-12,14-17H,5H2;;;;/t8-,9-,10+,11-,12-;;;;/m1..../s1. The summed E-state index contributed by atoms with van der Waals surface area (Å²) in [5.41, 5.74) is -0.338. The normalized spacial score (nSPS) is 27.4. The Labute approximate surface area is 287 Å². The maximum absolute atomic E-state index is 10.9. The van der Waals surface area contributed by atoms with Crippen LogP contribution in [0.4, 0.5) is 5.69 Å². The Morgan fingerprint density at radius 1 is 1.04 bits per heavy atom. The summed E-state index contributed by atoms with van der Waals surface area (Å²) in [7, 11) is 0. The Morgan fingerprint density at radius 2 is 1.60 bits per heavy atom. The first-order valence-corrected chi connectivity index (χ1v) is 6.16. The van der Waals surface area contributed by atoms with Crippen LogP contribution in [0, 0.1) is 186 Å². The van der Waals surface area contributed by atoms with Gasteiger partial charge in [-0.15, -0.1) is 0 Å². The monoisotopic (exact) mass is 1210 g/mol. The van der Waals surface area contributed by atoms with E-state index in [-0.39, 0.29) is 188 Å². The van der Waals surface area contributed by atoms with Gasteiger partial charge in [0, 0.05) is 182 Å². The van der Waals surface area contributed by atoms with Crippen molar-refractivity contribution in [3.8, 4) is 5.75 Å². The molecule has 1 aliphatic heterocycles. The van der Waals surface area contributed by atoms with E-state index in [1.807, 2.05) is 0 Å². The molecule has 0 aromatic heterocycles. The molecular weight excluding hydrogens is 1190 g/mol. The number of benzene rings is 1. The van der Waals surface area contributed by atoms with E-state index in [0.29, 0.717) is 0 Å². The van der Waals surface area contributed by atoms with Gasteiger partial charge in [0.1, 0.15) is 24.4 Å². The molecule has 4 radical (unpaired) electrons. The maximum atomic E-state index is 10.9. The summed E-state index contributed by atoms with van der Waals surface area (Å²) in [5, 5.41) is 49.0. The van der Waals surface area contributed by atoms with E-state index in [1.54, 1.807) is 0 Å². The fourth-order valence-electron chi connectivity index (χ4n) is 2.00. The Kier molecular flexibility index (Phi) is 22.4. The molecule has 0 saturated carbocycles. The summed E-state index contributed by atoms with van der Waals surface area (Å²) in [6.45, 7) is -0.609. The number of hydrogen-bond acceptors (Lipinski definition) is 8. The molecule has 1 fully saturated rings. The third kappa shape index (κ3) is 9.34. The molecule has 128 valence electrons. The van der Waals surface area contributed by atoms with Crippen molar-refractivity contribution in [2.45, 2.75) is 30.7 Å². The number of aliphatic hydroxyl groups is 4. The zero-order valence-electron chi connectivity index (χ0n) is 13.1. The second kappa shape index (κ2) is 16.7. The molecule has 1 aromatic rings. The van der Waals surface area contributed by atoms with Crippen LogP contribution in [0.2, 0.25) is 0 Å². The minimum atomic E-state index is -1.62. The molecule has 1 aromatic carbocycles. The van der Waals surface area contributed by atoms with E-state index in [9.17, 15) is 25.4 Å². The molecule has 1 saturated heterocycles. The van der Waals surface area contributed by atoms with E-state index in [4.69, 9.17) is 14.6 Å². The molecule has 4 N–H and O–H groups in total. The predicted molar refractivity (Wildman–Crippen MR) is 67.5 cm³/mol. The van der Waals surface area contributed by atoms with E-state index in [1.165, 1.54) is 24.3 Å². The van der Waals surface area contributed by atoms with Crippen molar-refractivity contribution < 1.29 is 211 Å². The summed E-state index contributed by atoms with van der Waals surface area (Å²) in [5.74, 6) is -0.160. The number of nitrogens with zero attached hydrogens (tertiary/aromatic N) is 1. The van der Waals surface area contributed by atoms with Gasteiger partial charge in [0.15, 0.2) is 5.75 Å². The molecule has 2 rings (SSSR count). The fraction of sp³-hybridized carbons (Fsp3) is 0.500. The number of aliphatic hydroxyl groups excluding tert-OH is 4. The molecule has 0 bridgehead atoms. The molecular formula is C12H15Ac4NO8. The topological polar surface area (TPSA) is 143 Å². The average molecular weight is 1210 g/mol. The molecule has 0 amide bonds. The van der Waals surface area contributed by atoms with Crippen molar-refractivity contribution >= 4 is 5.69 Å². The molecule has 9 nitrogen and oxygen atoms in total. The van der Waals surface area contributed by atoms with Crippen LogP contribution in [-0.4, -0.2) is 62.7 Å². The van der Waals surface area contributed by atoms with Crippen LogP contribution in [0.25, 0.3) is 0 Å². The molecule has 0 spiro atoms. The van der Waals surface area contributed by atoms with E-state index in [0.717, 1.165) is 0 Å². The van der Waals surface area contributed by atoms with Crippen molar-refractivity contribution in [2.75, 3.05) is 6.61 Å². The van der Waals surface area contributed by atoms with Crippen molar-refractivity contribution in [3.05, 3.63) is 34.4 Å². The van der Waals surface area contributed by atoms with Gasteiger partial charge >= 0.3 is 5.69 Å². The number of nitro benzene ring substituents is 1. The van der Waals surface area contributed by atoms with Crippen molar-refractivity contribution in [1.82, 2.24) is 0 Å². The van der Waals surface area contributed by atoms with Crippen molar-refractivity contribution in [3.63, 3.8) is 0 Å². The number of nitro groups is 1. The molecule has 0 unspecified atom stereocenters. The minimum absolute atomic E-state index is 0. The Bertz CT molecular complexity index is 524. The second-order valence-electron chi connectivity index (χ2n) is 4.54. The Hall–Kier alpha value is 3.99. The third-order valence-corrected chi connectivity index (χ3v) is 3.15. The SMILES string of the molecule is O=[N+]([O-])c1ccccc1O[C@@H]1O[C@H](CO)[C@@H](O)[C@H](O)[C@H]1O.[Ac].[Ac].[Ac].[Ac]. The van der Waals surface area contributed by atoms with Gasteiger partial charge in [-0.05, 0) is 6.07 Å². The Morgan fingerprint density at radius 3 is 2.12 bits per heavy atom. The van der Waals surface area contributed by atoms with Gasteiger partial charge in [0.05, 0.1) is 11.5 Å². The maximum Gasteiger partial charge on any atom is 0.311 e. The van der Waals surface area contributed by atoms with Gasteiger partial charge in [-0.25, -0.2) is 0 Å². The zero-order valence-corrected chi connectivity index (χ0v) is 32.1. The van der Waals surface area contributed by atoms with Crippen molar-refractivity contribution in [1.29, 1.82) is 0 Å². The number of hydrogen-bond donors (Lipinski definition) is 4. The number of rotatable bonds is 4. The summed E-state index contributed by atoms with van der Waals surface area (Å²) in [6.07, 6.45) is -7.35. The number of para-hydroxylation sites is 2. The van der Waals surface area contributed by atoms with E-state index in [2.05, 4.69) is 0 Å². The van der Waals surface area contributed by atoms with Gasteiger partial charge in [-0.1, -0.05) is 12.1 Å². The first-order valence-electron chi connectivity index (χ1n) is 6.16.